The second-order valence-corrected chi connectivity index (χ2v) is 2.95. The van der Waals surface area contributed by atoms with Gasteiger partial charge in [-0.05, 0) is 18.1 Å². The molecule has 12 heavy (non-hydrogen) atoms. The Labute approximate surface area is 72.3 Å². The topological polar surface area (TPSA) is 24.4 Å². The van der Waals surface area contributed by atoms with Crippen molar-refractivity contribution in [3.8, 4) is 0 Å². The number of aryl methyl sites for hydroxylation is 1. The van der Waals surface area contributed by atoms with Gasteiger partial charge < -0.3 is 5.32 Å². The molecule has 0 radical (unpaired) electrons. The van der Waals surface area contributed by atoms with Gasteiger partial charge in [0.2, 0.25) is 0 Å². The maximum atomic E-state index is 4.15. The molecule has 1 aromatic rings. The predicted octanol–water partition coefficient (Wildman–Crippen LogP) is 2.07. The van der Waals surface area contributed by atoms with Crippen molar-refractivity contribution in [1.82, 2.24) is 0 Å². The van der Waals surface area contributed by atoms with E-state index < -0.39 is 0 Å². The average Bonchev–Trinajstić information content (AvgIpc) is 2.17. The number of benzene rings is 1. The molecule has 0 unspecified atom stereocenters. The van der Waals surface area contributed by atoms with E-state index in [1.807, 2.05) is 13.1 Å². The van der Waals surface area contributed by atoms with Crippen molar-refractivity contribution in [2.24, 2.45) is 4.99 Å². The van der Waals surface area contributed by atoms with Crippen LogP contribution in [0.15, 0.2) is 29.3 Å². The van der Waals surface area contributed by atoms with Crippen molar-refractivity contribution in [1.29, 1.82) is 0 Å². The fourth-order valence-electron chi connectivity index (χ4n) is 1.50. The quantitative estimate of drug-likeness (QED) is 0.617. The number of amidine groups is 1. The summed E-state index contributed by atoms with van der Waals surface area (Å²) in [6, 6.07) is 8.38. The Hall–Kier alpha value is -1.31. The normalized spacial score (nSPS) is 18.6. The van der Waals surface area contributed by atoms with Crippen LogP contribution in [0.4, 0.5) is 5.69 Å². The SMILES string of the molecule is CN=C1CCc2ccccc2N1. The number of hydrogen-bond donors (Lipinski definition) is 1. The summed E-state index contributed by atoms with van der Waals surface area (Å²) in [6.45, 7) is 0. The number of hydrogen-bond acceptors (Lipinski definition) is 1. The van der Waals surface area contributed by atoms with E-state index in [4.69, 9.17) is 0 Å². The van der Waals surface area contributed by atoms with Crippen LogP contribution in [0.3, 0.4) is 0 Å². The van der Waals surface area contributed by atoms with E-state index in [0.717, 1.165) is 18.7 Å². The second kappa shape index (κ2) is 2.97. The van der Waals surface area contributed by atoms with E-state index in [1.54, 1.807) is 0 Å². The van der Waals surface area contributed by atoms with Crippen LogP contribution < -0.4 is 5.32 Å². The van der Waals surface area contributed by atoms with E-state index in [0.29, 0.717) is 0 Å². The number of para-hydroxylation sites is 1. The molecule has 2 heteroatoms. The van der Waals surface area contributed by atoms with E-state index in [-0.39, 0.29) is 0 Å². The lowest BCUT2D eigenvalue weighted by molar-refractivity contribution is 1.01. The van der Waals surface area contributed by atoms with Crippen LogP contribution in [-0.4, -0.2) is 12.9 Å². The third kappa shape index (κ3) is 1.20. The van der Waals surface area contributed by atoms with Gasteiger partial charge in [-0.2, -0.15) is 0 Å². The molecule has 2 nitrogen and oxygen atoms in total. The zero-order chi connectivity index (χ0) is 8.39. The Morgan fingerprint density at radius 3 is 2.92 bits per heavy atom. The third-order valence-corrected chi connectivity index (χ3v) is 2.20. The molecular weight excluding hydrogens is 148 g/mol. The lowest BCUT2D eigenvalue weighted by Crippen LogP contribution is -2.19. The Morgan fingerprint density at radius 1 is 1.25 bits per heavy atom. The molecule has 0 saturated carbocycles. The molecule has 0 bridgehead atoms. The van der Waals surface area contributed by atoms with Crippen molar-refractivity contribution in [2.75, 3.05) is 12.4 Å². The van der Waals surface area contributed by atoms with Gasteiger partial charge in [0.05, 0.1) is 0 Å². The van der Waals surface area contributed by atoms with E-state index in [1.165, 1.54) is 11.3 Å². The Balaban J connectivity index is 2.35. The largest absolute Gasteiger partial charge is 0.344 e. The predicted molar refractivity (Wildman–Crippen MR) is 51.7 cm³/mol. The van der Waals surface area contributed by atoms with Gasteiger partial charge >= 0.3 is 0 Å². The van der Waals surface area contributed by atoms with Gasteiger partial charge in [0, 0.05) is 19.2 Å². The van der Waals surface area contributed by atoms with Crippen molar-refractivity contribution in [3.63, 3.8) is 0 Å². The first kappa shape index (κ1) is 7.35. The van der Waals surface area contributed by atoms with Crippen LogP contribution in [0.5, 0.6) is 0 Å². The third-order valence-electron chi connectivity index (χ3n) is 2.20. The van der Waals surface area contributed by atoms with Crippen LogP contribution in [-0.2, 0) is 6.42 Å². The van der Waals surface area contributed by atoms with E-state index in [2.05, 4.69) is 28.5 Å². The van der Waals surface area contributed by atoms with Gasteiger partial charge in [-0.25, -0.2) is 0 Å². The molecule has 0 spiro atoms. The fraction of sp³-hybridized carbons (Fsp3) is 0.300. The molecule has 62 valence electrons. The summed E-state index contributed by atoms with van der Waals surface area (Å²) < 4.78 is 0. The number of nitrogens with zero attached hydrogens (tertiary/aromatic N) is 1. The maximum Gasteiger partial charge on any atom is 0.101 e. The summed E-state index contributed by atoms with van der Waals surface area (Å²) >= 11 is 0. The molecule has 0 amide bonds. The summed E-state index contributed by atoms with van der Waals surface area (Å²) in [5, 5.41) is 3.30. The molecular formula is C10H12N2. The van der Waals surface area contributed by atoms with Gasteiger partial charge in [-0.1, -0.05) is 18.2 Å². The van der Waals surface area contributed by atoms with Crippen LogP contribution >= 0.6 is 0 Å². The van der Waals surface area contributed by atoms with Crippen LogP contribution in [0.1, 0.15) is 12.0 Å². The molecule has 0 fully saturated rings. The lowest BCUT2D eigenvalue weighted by atomic mass is 10.0. The molecule has 1 N–H and O–H groups in total. The minimum atomic E-state index is 1.04. The van der Waals surface area contributed by atoms with Crippen LogP contribution in [0.2, 0.25) is 0 Å². The molecule has 1 aromatic carbocycles. The molecule has 1 heterocycles. The molecule has 1 aliphatic rings. The number of anilines is 1. The highest BCUT2D eigenvalue weighted by atomic mass is 15.0. The number of aliphatic imine (C=N–C) groups is 1. The molecule has 0 aliphatic carbocycles. The summed E-state index contributed by atoms with van der Waals surface area (Å²) in [4.78, 5) is 4.15. The standard InChI is InChI=1S/C10H12N2/c1-11-10-7-6-8-4-2-3-5-9(8)12-10/h2-5H,6-7H2,1H3,(H,11,12). The molecule has 2 rings (SSSR count). The fourth-order valence-corrected chi connectivity index (χ4v) is 1.50. The minimum absolute atomic E-state index is 1.04. The van der Waals surface area contributed by atoms with Gasteiger partial charge in [0.15, 0.2) is 0 Å². The minimum Gasteiger partial charge on any atom is -0.344 e. The highest BCUT2D eigenvalue weighted by molar-refractivity contribution is 5.98. The number of nitrogens with one attached hydrogen (secondary N) is 1. The van der Waals surface area contributed by atoms with Gasteiger partial charge in [0.1, 0.15) is 5.84 Å². The maximum absolute atomic E-state index is 4.15. The van der Waals surface area contributed by atoms with Gasteiger partial charge in [-0.15, -0.1) is 0 Å². The zero-order valence-electron chi connectivity index (χ0n) is 7.17. The van der Waals surface area contributed by atoms with Crippen molar-refractivity contribution >= 4 is 11.5 Å². The first-order chi connectivity index (χ1) is 5.90. The highest BCUT2D eigenvalue weighted by Crippen LogP contribution is 2.21. The van der Waals surface area contributed by atoms with Gasteiger partial charge in [-0.3, -0.25) is 4.99 Å². The zero-order valence-corrected chi connectivity index (χ0v) is 7.17. The molecule has 0 aromatic heterocycles. The van der Waals surface area contributed by atoms with E-state index in [9.17, 15) is 0 Å². The summed E-state index contributed by atoms with van der Waals surface area (Å²) in [5.74, 6) is 1.09. The summed E-state index contributed by atoms with van der Waals surface area (Å²) in [6.07, 6.45) is 2.14. The summed E-state index contributed by atoms with van der Waals surface area (Å²) in [7, 11) is 1.83. The lowest BCUT2D eigenvalue weighted by Gasteiger charge is -2.18. The van der Waals surface area contributed by atoms with Gasteiger partial charge in [0.25, 0.3) is 0 Å². The first-order valence-corrected chi connectivity index (χ1v) is 4.21. The average molecular weight is 160 g/mol. The van der Waals surface area contributed by atoms with E-state index >= 15 is 0 Å². The second-order valence-electron chi connectivity index (χ2n) is 2.95. The van der Waals surface area contributed by atoms with Crippen LogP contribution in [0.25, 0.3) is 0 Å². The van der Waals surface area contributed by atoms with Crippen molar-refractivity contribution in [2.45, 2.75) is 12.8 Å². The molecule has 0 saturated heterocycles. The Bertz CT molecular complexity index is 315. The monoisotopic (exact) mass is 160 g/mol. The smallest absolute Gasteiger partial charge is 0.101 e. The van der Waals surface area contributed by atoms with Crippen molar-refractivity contribution in [3.05, 3.63) is 29.8 Å². The van der Waals surface area contributed by atoms with Crippen molar-refractivity contribution < 1.29 is 0 Å². The number of fused-ring (bicyclic) bond motifs is 1. The first-order valence-electron chi connectivity index (χ1n) is 4.21. The Morgan fingerprint density at radius 2 is 2.08 bits per heavy atom. The molecule has 1 aliphatic heterocycles. The highest BCUT2D eigenvalue weighted by Gasteiger charge is 2.10. The number of rotatable bonds is 0. The summed E-state index contributed by atoms with van der Waals surface area (Å²) in [5.41, 5.74) is 2.61. The molecule has 0 atom stereocenters. The Kier molecular flexibility index (Phi) is 1.82. The van der Waals surface area contributed by atoms with Crippen LogP contribution in [0, 0.1) is 0 Å².